The van der Waals surface area contributed by atoms with Crippen LogP contribution in [0.2, 0.25) is 0 Å². The second-order valence-electron chi connectivity index (χ2n) is 2.62. The van der Waals surface area contributed by atoms with Crippen molar-refractivity contribution in [2.45, 2.75) is 18.5 Å². The normalized spacial score (nSPS) is 45.9. The SMILES string of the molecule is OC[C@@H]1O[C@H]2CNCC1O2. The van der Waals surface area contributed by atoms with Crippen molar-refractivity contribution in [2.24, 2.45) is 0 Å². The van der Waals surface area contributed by atoms with Crippen LogP contribution >= 0.6 is 0 Å². The average molecular weight is 145 g/mol. The van der Waals surface area contributed by atoms with Crippen molar-refractivity contribution in [3.63, 3.8) is 0 Å². The lowest BCUT2D eigenvalue weighted by Crippen LogP contribution is -2.41. The second-order valence-corrected chi connectivity index (χ2v) is 2.62. The first-order valence-corrected chi connectivity index (χ1v) is 3.52. The number of rotatable bonds is 1. The van der Waals surface area contributed by atoms with Crippen LogP contribution in [0.1, 0.15) is 0 Å². The van der Waals surface area contributed by atoms with Gasteiger partial charge in [0, 0.05) is 13.1 Å². The van der Waals surface area contributed by atoms with Crippen LogP contribution in [0.15, 0.2) is 0 Å². The standard InChI is InChI=1S/C6H11NO3/c8-3-5-4-1-7-2-6(9-4)10-5/h4-8H,1-3H2/t4?,5-,6-/m0/s1. The third-order valence-electron chi connectivity index (χ3n) is 1.90. The van der Waals surface area contributed by atoms with Crippen LogP contribution in [0.3, 0.4) is 0 Å². The number of aliphatic hydroxyl groups is 1. The van der Waals surface area contributed by atoms with E-state index in [1.165, 1.54) is 0 Å². The van der Waals surface area contributed by atoms with Crippen LogP contribution in [0.5, 0.6) is 0 Å². The molecule has 58 valence electrons. The molecule has 4 nitrogen and oxygen atoms in total. The molecule has 0 aliphatic carbocycles. The van der Waals surface area contributed by atoms with E-state index in [-0.39, 0.29) is 25.1 Å². The van der Waals surface area contributed by atoms with Crippen LogP contribution in [0.4, 0.5) is 0 Å². The van der Waals surface area contributed by atoms with E-state index in [4.69, 9.17) is 14.6 Å². The minimum absolute atomic E-state index is 0.0584. The minimum Gasteiger partial charge on any atom is -0.394 e. The fourth-order valence-corrected chi connectivity index (χ4v) is 1.38. The molecule has 0 spiro atoms. The van der Waals surface area contributed by atoms with E-state index >= 15 is 0 Å². The van der Waals surface area contributed by atoms with Gasteiger partial charge in [-0.25, -0.2) is 0 Å². The molecule has 2 N–H and O–H groups in total. The average Bonchev–Trinajstić information content (AvgIpc) is 2.26. The highest BCUT2D eigenvalue weighted by Crippen LogP contribution is 2.20. The summed E-state index contributed by atoms with van der Waals surface area (Å²) in [6.45, 7) is 1.59. The molecule has 2 saturated heterocycles. The van der Waals surface area contributed by atoms with Gasteiger partial charge in [0.2, 0.25) is 0 Å². The molecule has 2 aliphatic rings. The van der Waals surface area contributed by atoms with Gasteiger partial charge in [0.15, 0.2) is 6.29 Å². The maximum atomic E-state index is 8.78. The molecule has 2 bridgehead atoms. The largest absolute Gasteiger partial charge is 0.394 e. The molecular weight excluding hydrogens is 134 g/mol. The quantitative estimate of drug-likeness (QED) is 0.481. The highest BCUT2D eigenvalue weighted by molar-refractivity contribution is 4.83. The van der Waals surface area contributed by atoms with Gasteiger partial charge < -0.3 is 19.9 Å². The molecular formula is C6H11NO3. The van der Waals surface area contributed by atoms with E-state index in [9.17, 15) is 0 Å². The number of aliphatic hydroxyl groups excluding tert-OH is 1. The van der Waals surface area contributed by atoms with Crippen molar-refractivity contribution in [3.8, 4) is 0 Å². The summed E-state index contributed by atoms with van der Waals surface area (Å²) >= 11 is 0. The van der Waals surface area contributed by atoms with Crippen LogP contribution in [-0.2, 0) is 9.47 Å². The molecule has 1 unspecified atom stereocenters. The molecule has 0 aromatic rings. The summed E-state index contributed by atoms with van der Waals surface area (Å²) in [5.74, 6) is 0. The summed E-state index contributed by atoms with van der Waals surface area (Å²) < 4.78 is 10.7. The summed E-state index contributed by atoms with van der Waals surface area (Å²) in [5, 5.41) is 11.9. The van der Waals surface area contributed by atoms with Crippen molar-refractivity contribution >= 4 is 0 Å². The Morgan fingerprint density at radius 3 is 3.00 bits per heavy atom. The Bertz CT molecular complexity index is 130. The smallest absolute Gasteiger partial charge is 0.171 e. The van der Waals surface area contributed by atoms with Gasteiger partial charge >= 0.3 is 0 Å². The van der Waals surface area contributed by atoms with Crippen molar-refractivity contribution < 1.29 is 14.6 Å². The number of fused-ring (bicyclic) bond motifs is 2. The molecule has 2 rings (SSSR count). The zero-order valence-electron chi connectivity index (χ0n) is 5.62. The molecule has 4 heteroatoms. The maximum absolute atomic E-state index is 8.78. The van der Waals surface area contributed by atoms with E-state index < -0.39 is 0 Å². The van der Waals surface area contributed by atoms with Crippen molar-refractivity contribution in [3.05, 3.63) is 0 Å². The summed E-state index contributed by atoms with van der Waals surface area (Å²) in [6.07, 6.45) is -0.181. The number of hydrogen-bond donors (Lipinski definition) is 2. The lowest BCUT2D eigenvalue weighted by molar-refractivity contribution is -0.0791. The third-order valence-corrected chi connectivity index (χ3v) is 1.90. The summed E-state index contributed by atoms with van der Waals surface area (Å²) in [6, 6.07) is 0. The Hall–Kier alpha value is -0.160. The van der Waals surface area contributed by atoms with Gasteiger partial charge in [0.1, 0.15) is 12.2 Å². The third kappa shape index (κ3) is 0.932. The second kappa shape index (κ2) is 2.47. The van der Waals surface area contributed by atoms with Gasteiger partial charge in [-0.3, -0.25) is 0 Å². The Labute approximate surface area is 59.1 Å². The van der Waals surface area contributed by atoms with Gasteiger partial charge in [-0.05, 0) is 0 Å². The first kappa shape index (κ1) is 6.54. The monoisotopic (exact) mass is 145 g/mol. The van der Waals surface area contributed by atoms with Gasteiger partial charge in [-0.1, -0.05) is 0 Å². The highest BCUT2D eigenvalue weighted by Gasteiger charge is 2.38. The van der Waals surface area contributed by atoms with Gasteiger partial charge in [-0.15, -0.1) is 0 Å². The fraction of sp³-hybridized carbons (Fsp3) is 1.00. The zero-order valence-corrected chi connectivity index (χ0v) is 5.62. The lowest BCUT2D eigenvalue weighted by atomic mass is 10.2. The Morgan fingerprint density at radius 1 is 1.40 bits per heavy atom. The zero-order chi connectivity index (χ0) is 6.97. The summed E-state index contributed by atoms with van der Waals surface area (Å²) in [5.41, 5.74) is 0. The predicted molar refractivity (Wildman–Crippen MR) is 33.5 cm³/mol. The molecule has 10 heavy (non-hydrogen) atoms. The van der Waals surface area contributed by atoms with E-state index in [1.54, 1.807) is 0 Å². The molecule has 0 aromatic carbocycles. The van der Waals surface area contributed by atoms with E-state index in [1.807, 2.05) is 0 Å². The number of morpholine rings is 1. The molecule has 2 aliphatic heterocycles. The van der Waals surface area contributed by atoms with E-state index in [0.29, 0.717) is 0 Å². The maximum Gasteiger partial charge on any atom is 0.171 e. The van der Waals surface area contributed by atoms with Crippen LogP contribution in [0, 0.1) is 0 Å². The summed E-state index contributed by atoms with van der Waals surface area (Å²) in [4.78, 5) is 0. The van der Waals surface area contributed by atoms with Gasteiger partial charge in [-0.2, -0.15) is 0 Å². The van der Waals surface area contributed by atoms with Crippen LogP contribution in [0.25, 0.3) is 0 Å². The van der Waals surface area contributed by atoms with Gasteiger partial charge in [0.25, 0.3) is 0 Å². The number of hydrogen-bond acceptors (Lipinski definition) is 4. The molecule has 2 heterocycles. The Kier molecular flexibility index (Phi) is 1.61. The number of nitrogens with one attached hydrogen (secondary N) is 1. The van der Waals surface area contributed by atoms with Crippen molar-refractivity contribution in [1.29, 1.82) is 0 Å². The molecule has 0 amide bonds. The van der Waals surface area contributed by atoms with Crippen LogP contribution < -0.4 is 5.32 Å². The van der Waals surface area contributed by atoms with E-state index in [2.05, 4.69) is 5.32 Å². The first-order valence-electron chi connectivity index (χ1n) is 3.52. The fourth-order valence-electron chi connectivity index (χ4n) is 1.38. The van der Waals surface area contributed by atoms with Crippen LogP contribution in [-0.4, -0.2) is 43.3 Å². The van der Waals surface area contributed by atoms with E-state index in [0.717, 1.165) is 13.1 Å². The van der Waals surface area contributed by atoms with Crippen molar-refractivity contribution in [1.82, 2.24) is 5.32 Å². The predicted octanol–water partition coefficient (Wildman–Crippen LogP) is -1.31. The molecule has 0 aromatic heterocycles. The number of ether oxygens (including phenoxy) is 2. The molecule has 0 radical (unpaired) electrons. The van der Waals surface area contributed by atoms with Gasteiger partial charge in [0.05, 0.1) is 6.61 Å². The highest BCUT2D eigenvalue weighted by atomic mass is 16.7. The molecule has 3 atom stereocenters. The Morgan fingerprint density at radius 2 is 2.30 bits per heavy atom. The Balaban J connectivity index is 2.01. The van der Waals surface area contributed by atoms with Crippen molar-refractivity contribution in [2.75, 3.05) is 19.7 Å². The lowest BCUT2D eigenvalue weighted by Gasteiger charge is -2.18. The first-order chi connectivity index (χ1) is 4.90. The minimum atomic E-state index is -0.129. The summed E-state index contributed by atoms with van der Waals surface area (Å²) in [7, 11) is 0. The molecule has 0 saturated carbocycles. The topological polar surface area (TPSA) is 50.7 Å². The molecule has 2 fully saturated rings.